The van der Waals surface area contributed by atoms with E-state index in [-0.39, 0.29) is 11.8 Å². The molecule has 3 fully saturated rings. The average molecular weight is 452 g/mol. The topological polar surface area (TPSA) is 57.6 Å². The van der Waals surface area contributed by atoms with Crippen molar-refractivity contribution < 1.29 is 22.5 Å². The van der Waals surface area contributed by atoms with Crippen molar-refractivity contribution in [1.29, 1.82) is 0 Å². The van der Waals surface area contributed by atoms with E-state index in [2.05, 4.69) is 19.1 Å². The van der Waals surface area contributed by atoms with Crippen LogP contribution in [-0.4, -0.2) is 87.5 Å². The maximum Gasteiger partial charge on any atom is 0.239 e. The highest BCUT2D eigenvalue weighted by molar-refractivity contribution is 7.92. The fourth-order valence-corrected chi connectivity index (χ4v) is 8.39. The van der Waals surface area contributed by atoms with Gasteiger partial charge in [-0.25, -0.2) is 8.42 Å². The molecule has 0 spiro atoms. The summed E-state index contributed by atoms with van der Waals surface area (Å²) in [5.74, 6) is 0.565. The van der Waals surface area contributed by atoms with E-state index < -0.39 is 10.0 Å². The number of aliphatic hydroxyl groups excluding tert-OH is 1. The molecule has 1 unspecified atom stereocenters. The van der Waals surface area contributed by atoms with Crippen LogP contribution in [0.5, 0.6) is 0 Å². The Labute approximate surface area is 188 Å². The molecule has 7 heteroatoms. The van der Waals surface area contributed by atoms with Crippen LogP contribution in [0.15, 0.2) is 18.2 Å². The first-order valence-corrected chi connectivity index (χ1v) is 13.8. The van der Waals surface area contributed by atoms with Crippen LogP contribution in [0.2, 0.25) is 0 Å². The highest BCUT2D eigenvalue weighted by Crippen LogP contribution is 2.42. The van der Waals surface area contributed by atoms with Gasteiger partial charge < -0.3 is 14.1 Å². The third kappa shape index (κ3) is 4.26. The molecular formula is C24H41N3O3S+2. The molecule has 1 aromatic rings. The van der Waals surface area contributed by atoms with Crippen LogP contribution in [0.4, 0.5) is 5.69 Å². The lowest BCUT2D eigenvalue weighted by molar-refractivity contribution is -1.08. The first-order chi connectivity index (χ1) is 14.7. The summed E-state index contributed by atoms with van der Waals surface area (Å²) in [6.45, 7) is 16.0. The quantitative estimate of drug-likeness (QED) is 0.588. The summed E-state index contributed by atoms with van der Waals surface area (Å²) in [6, 6.07) is 6.21. The Morgan fingerprint density at radius 2 is 1.71 bits per heavy atom. The Morgan fingerprint density at radius 3 is 2.29 bits per heavy atom. The normalized spacial score (nSPS) is 30.0. The van der Waals surface area contributed by atoms with Gasteiger partial charge in [-0.3, -0.25) is 4.31 Å². The lowest BCUT2D eigenvalue weighted by Gasteiger charge is -2.56. The second-order valence-electron chi connectivity index (χ2n) is 10.5. The number of nitrogens with zero attached hydrogens (tertiary/aromatic N) is 3. The van der Waals surface area contributed by atoms with Gasteiger partial charge in [-0.1, -0.05) is 25.5 Å². The maximum atomic E-state index is 12.9. The van der Waals surface area contributed by atoms with Gasteiger partial charge in [0.15, 0.2) is 0 Å². The van der Waals surface area contributed by atoms with Crippen molar-refractivity contribution >= 4 is 15.7 Å². The van der Waals surface area contributed by atoms with Crippen LogP contribution in [0.1, 0.15) is 57.1 Å². The molecule has 2 bridgehead atoms. The van der Waals surface area contributed by atoms with Gasteiger partial charge in [0.05, 0.1) is 24.5 Å². The predicted molar refractivity (Wildman–Crippen MR) is 125 cm³/mol. The van der Waals surface area contributed by atoms with Crippen molar-refractivity contribution in [3.63, 3.8) is 0 Å². The Morgan fingerprint density at radius 1 is 1.06 bits per heavy atom. The molecular weight excluding hydrogens is 410 g/mol. The van der Waals surface area contributed by atoms with E-state index in [0.717, 1.165) is 43.6 Å². The zero-order valence-corrected chi connectivity index (χ0v) is 20.4. The fourth-order valence-electron chi connectivity index (χ4n) is 6.46. The standard InChI is InChI=1S/C24H41N3O3S/c1-4-7-21(18-27-14-11-26(12-15-27,13-16-27)10-6-17-28)22-8-5-9-24-23(22)19-31(29,30)25(24)20(2)3/h5,8-9,20-21,28H,4,6-7,10-19H2,1-3H3/q+2. The first-order valence-electron chi connectivity index (χ1n) is 12.2. The number of quaternary nitrogens is 2. The Bertz CT molecular complexity index is 875. The molecule has 3 saturated heterocycles. The Hall–Kier alpha value is -1.15. The van der Waals surface area contributed by atoms with E-state index >= 15 is 0 Å². The second kappa shape index (κ2) is 8.65. The van der Waals surface area contributed by atoms with Crippen LogP contribution in [0.3, 0.4) is 0 Å². The molecule has 4 aliphatic heterocycles. The number of anilines is 1. The van der Waals surface area contributed by atoms with Gasteiger partial charge in [0, 0.05) is 25.0 Å². The molecule has 6 nitrogen and oxygen atoms in total. The summed E-state index contributed by atoms with van der Waals surface area (Å²) in [5, 5.41) is 9.28. The summed E-state index contributed by atoms with van der Waals surface area (Å²) >= 11 is 0. The van der Waals surface area contributed by atoms with Gasteiger partial charge in [0.25, 0.3) is 0 Å². The van der Waals surface area contributed by atoms with Gasteiger partial charge in [0.2, 0.25) is 10.0 Å². The number of rotatable bonds is 9. The van der Waals surface area contributed by atoms with Crippen molar-refractivity contribution in [2.75, 3.05) is 63.3 Å². The third-order valence-corrected chi connectivity index (χ3v) is 10.0. The van der Waals surface area contributed by atoms with E-state index in [9.17, 15) is 13.5 Å². The van der Waals surface area contributed by atoms with Crippen molar-refractivity contribution in [3.8, 4) is 0 Å². The summed E-state index contributed by atoms with van der Waals surface area (Å²) in [4.78, 5) is 0. The maximum absolute atomic E-state index is 12.9. The highest BCUT2D eigenvalue weighted by atomic mass is 32.2. The average Bonchev–Trinajstić information content (AvgIpc) is 3.03. The van der Waals surface area contributed by atoms with Gasteiger partial charge >= 0.3 is 0 Å². The zero-order valence-electron chi connectivity index (χ0n) is 19.6. The lowest BCUT2D eigenvalue weighted by Crippen LogP contribution is -2.75. The Balaban J connectivity index is 1.59. The Kier molecular flexibility index (Phi) is 6.43. The number of piperazine rings is 3. The molecule has 31 heavy (non-hydrogen) atoms. The molecule has 174 valence electrons. The molecule has 4 heterocycles. The molecule has 0 aliphatic carbocycles. The molecule has 1 atom stereocenters. The molecule has 0 radical (unpaired) electrons. The molecule has 0 saturated carbocycles. The predicted octanol–water partition coefficient (Wildman–Crippen LogP) is 2.67. The van der Waals surface area contributed by atoms with Gasteiger partial charge in [-0.05, 0) is 37.5 Å². The molecule has 0 amide bonds. The van der Waals surface area contributed by atoms with Gasteiger partial charge in [0.1, 0.15) is 39.3 Å². The number of hydrogen-bond acceptors (Lipinski definition) is 3. The summed E-state index contributed by atoms with van der Waals surface area (Å²) in [7, 11) is -3.27. The third-order valence-electron chi connectivity index (χ3n) is 8.14. The minimum Gasteiger partial charge on any atom is -0.396 e. The van der Waals surface area contributed by atoms with E-state index in [0.29, 0.717) is 12.5 Å². The smallest absolute Gasteiger partial charge is 0.239 e. The van der Waals surface area contributed by atoms with Crippen molar-refractivity contribution in [2.24, 2.45) is 0 Å². The lowest BCUT2D eigenvalue weighted by atomic mass is 9.88. The summed E-state index contributed by atoms with van der Waals surface area (Å²) in [5.41, 5.74) is 3.23. The van der Waals surface area contributed by atoms with Gasteiger partial charge in [-0.2, -0.15) is 0 Å². The van der Waals surface area contributed by atoms with E-state index in [1.54, 1.807) is 4.31 Å². The number of fused-ring (bicyclic) bond motifs is 4. The number of benzene rings is 1. The van der Waals surface area contributed by atoms with Crippen LogP contribution >= 0.6 is 0 Å². The summed E-state index contributed by atoms with van der Waals surface area (Å²) in [6.07, 6.45) is 3.14. The molecule has 1 aromatic carbocycles. The van der Waals surface area contributed by atoms with Gasteiger partial charge in [-0.15, -0.1) is 0 Å². The van der Waals surface area contributed by atoms with Crippen LogP contribution in [0, 0.1) is 0 Å². The van der Waals surface area contributed by atoms with E-state index in [4.69, 9.17) is 0 Å². The van der Waals surface area contributed by atoms with Crippen molar-refractivity contribution in [1.82, 2.24) is 0 Å². The van der Waals surface area contributed by atoms with Crippen LogP contribution in [0.25, 0.3) is 0 Å². The van der Waals surface area contributed by atoms with Crippen molar-refractivity contribution in [3.05, 3.63) is 29.3 Å². The van der Waals surface area contributed by atoms with Crippen LogP contribution in [-0.2, 0) is 15.8 Å². The number of hydrogen-bond donors (Lipinski definition) is 1. The molecule has 0 aromatic heterocycles. The summed E-state index contributed by atoms with van der Waals surface area (Å²) < 4.78 is 29.9. The highest BCUT2D eigenvalue weighted by Gasteiger charge is 2.49. The monoisotopic (exact) mass is 451 g/mol. The number of sulfonamides is 1. The van der Waals surface area contributed by atoms with E-state index in [1.165, 1.54) is 53.8 Å². The molecule has 4 aliphatic rings. The zero-order chi connectivity index (χ0) is 22.3. The molecule has 1 N–H and O–H groups in total. The fraction of sp³-hybridized carbons (Fsp3) is 0.750. The first kappa shape index (κ1) is 23.0. The van der Waals surface area contributed by atoms with E-state index in [1.807, 2.05) is 19.9 Å². The van der Waals surface area contributed by atoms with Crippen LogP contribution < -0.4 is 4.31 Å². The second-order valence-corrected chi connectivity index (χ2v) is 12.3. The minimum absolute atomic E-state index is 0.0537. The van der Waals surface area contributed by atoms with Crippen molar-refractivity contribution in [2.45, 2.75) is 57.7 Å². The SMILES string of the molecule is CCCC(C[N+]12CC[N+](CCCO)(CC1)CC2)c1cccc2c1CS(=O)(=O)N2C(C)C. The number of aliphatic hydroxyl groups is 1. The largest absolute Gasteiger partial charge is 0.396 e. The molecule has 5 rings (SSSR count). The minimum atomic E-state index is -3.27.